The van der Waals surface area contributed by atoms with Gasteiger partial charge >= 0.3 is 12.1 Å². The van der Waals surface area contributed by atoms with E-state index in [-0.39, 0.29) is 29.5 Å². The fourth-order valence-electron chi connectivity index (χ4n) is 4.65. The first-order valence-corrected chi connectivity index (χ1v) is 14.7. The zero-order chi connectivity index (χ0) is 36.1. The van der Waals surface area contributed by atoms with Crippen LogP contribution in [-0.2, 0) is 30.4 Å². The molecule has 3 aromatic rings. The lowest BCUT2D eigenvalue weighted by molar-refractivity contribution is -0.192. The molecular weight excluding hydrogens is 647 g/mol. The minimum Gasteiger partial charge on any atom is -0.508 e. The van der Waals surface area contributed by atoms with Gasteiger partial charge in [-0.3, -0.25) is 19.2 Å². The predicted octanol–water partition coefficient (Wildman–Crippen LogP) is 2.69. The van der Waals surface area contributed by atoms with Crippen molar-refractivity contribution >= 4 is 41.8 Å². The van der Waals surface area contributed by atoms with Gasteiger partial charge in [-0.25, -0.2) is 4.79 Å². The van der Waals surface area contributed by atoms with Crippen molar-refractivity contribution in [2.24, 2.45) is 11.5 Å². The average Bonchev–Trinajstić information content (AvgIpc) is 3.56. The molecule has 8 N–H and O–H groups in total. The molecule has 0 aliphatic carbocycles. The van der Waals surface area contributed by atoms with Crippen LogP contribution in [0.25, 0.3) is 12.2 Å². The van der Waals surface area contributed by atoms with Crippen LogP contribution in [-0.4, -0.2) is 69.5 Å². The van der Waals surface area contributed by atoms with Crippen LogP contribution in [0.15, 0.2) is 96.3 Å². The van der Waals surface area contributed by atoms with Crippen LogP contribution in [0.2, 0.25) is 0 Å². The largest absolute Gasteiger partial charge is 0.508 e. The first-order valence-electron chi connectivity index (χ1n) is 14.7. The Morgan fingerprint density at radius 1 is 0.857 bits per heavy atom. The van der Waals surface area contributed by atoms with Crippen LogP contribution in [0.4, 0.5) is 13.2 Å². The Bertz CT molecular complexity index is 1700. The smallest absolute Gasteiger partial charge is 0.490 e. The number of hydrogen-bond donors (Lipinski definition) is 6. The van der Waals surface area contributed by atoms with E-state index in [0.717, 1.165) is 5.56 Å². The molecule has 0 unspecified atom stereocenters. The molecule has 258 valence electrons. The number of carboxylic acids is 1. The Labute approximate surface area is 278 Å². The van der Waals surface area contributed by atoms with Gasteiger partial charge in [0.15, 0.2) is 0 Å². The maximum absolute atomic E-state index is 13.5. The van der Waals surface area contributed by atoms with Gasteiger partial charge in [0.05, 0.1) is 6.04 Å². The van der Waals surface area contributed by atoms with E-state index in [1.165, 1.54) is 29.2 Å². The van der Waals surface area contributed by atoms with Crippen LogP contribution in [0.5, 0.6) is 5.75 Å². The Morgan fingerprint density at radius 3 is 1.86 bits per heavy atom. The number of aliphatic carboxylic acids is 1. The van der Waals surface area contributed by atoms with Crippen molar-refractivity contribution in [1.29, 1.82) is 0 Å². The van der Waals surface area contributed by atoms with E-state index >= 15 is 0 Å². The van der Waals surface area contributed by atoms with Gasteiger partial charge in [-0.15, -0.1) is 0 Å². The van der Waals surface area contributed by atoms with Crippen molar-refractivity contribution in [3.63, 3.8) is 0 Å². The molecule has 1 heterocycles. The number of hydrogen-bond acceptors (Lipinski definition) is 7. The molecule has 4 rings (SSSR count). The highest BCUT2D eigenvalue weighted by molar-refractivity contribution is 6.08. The lowest BCUT2D eigenvalue weighted by atomic mass is 10.0. The lowest BCUT2D eigenvalue weighted by Crippen LogP contribution is -2.52. The van der Waals surface area contributed by atoms with E-state index in [2.05, 4.69) is 10.6 Å². The summed E-state index contributed by atoms with van der Waals surface area (Å²) in [6, 6.07) is 22.4. The second-order valence-electron chi connectivity index (χ2n) is 10.7. The summed E-state index contributed by atoms with van der Waals surface area (Å²) in [4.78, 5) is 62.6. The van der Waals surface area contributed by atoms with Gasteiger partial charge < -0.3 is 37.2 Å². The topological polar surface area (TPSA) is 205 Å². The van der Waals surface area contributed by atoms with Gasteiger partial charge in [0, 0.05) is 6.54 Å². The van der Waals surface area contributed by atoms with Gasteiger partial charge in [0.25, 0.3) is 11.8 Å². The number of phenols is 1. The number of amides is 4. The summed E-state index contributed by atoms with van der Waals surface area (Å²) in [5, 5.41) is 21.8. The number of nitrogens with zero attached hydrogens (tertiary/aromatic N) is 1. The fourth-order valence-corrected chi connectivity index (χ4v) is 4.65. The van der Waals surface area contributed by atoms with Gasteiger partial charge in [-0.2, -0.15) is 13.2 Å². The maximum atomic E-state index is 13.5. The Kier molecular flexibility index (Phi) is 13.2. The summed E-state index contributed by atoms with van der Waals surface area (Å²) in [5.74, 6) is -5.20. The SMILES string of the molecule is NC(=O)/C(=C/c1ccccc1)NC(=O)/C(=C/c1ccccc1)NC(=O)[C@@H]1CCCN1C(=O)[C@@H](N)Cc1ccc(O)cc1.O=C(O)C(F)(F)F. The van der Waals surface area contributed by atoms with Crippen molar-refractivity contribution in [1.82, 2.24) is 15.5 Å². The summed E-state index contributed by atoms with van der Waals surface area (Å²) in [5.41, 5.74) is 13.5. The quantitative estimate of drug-likeness (QED) is 0.175. The molecule has 1 fully saturated rings. The first-order chi connectivity index (χ1) is 23.1. The van der Waals surface area contributed by atoms with E-state index in [0.29, 0.717) is 30.5 Å². The molecular formula is C34H34F3N5O7. The van der Waals surface area contributed by atoms with E-state index in [4.69, 9.17) is 21.4 Å². The number of nitrogens with two attached hydrogens (primary N) is 2. The van der Waals surface area contributed by atoms with Crippen LogP contribution < -0.4 is 22.1 Å². The third-order valence-electron chi connectivity index (χ3n) is 7.03. The highest BCUT2D eigenvalue weighted by Gasteiger charge is 2.38. The number of likely N-dealkylation sites (tertiary alicyclic amines) is 1. The summed E-state index contributed by atoms with van der Waals surface area (Å²) in [6.45, 7) is 0.343. The van der Waals surface area contributed by atoms with E-state index in [9.17, 15) is 37.5 Å². The lowest BCUT2D eigenvalue weighted by Gasteiger charge is -2.27. The molecule has 1 aliphatic rings. The number of aromatic hydroxyl groups is 1. The van der Waals surface area contributed by atoms with Crippen molar-refractivity contribution < 1.29 is 47.4 Å². The third-order valence-corrected chi connectivity index (χ3v) is 7.03. The fraction of sp³-hybridized carbons (Fsp3) is 0.206. The number of alkyl halides is 3. The van der Waals surface area contributed by atoms with Gasteiger partial charge in [-0.1, -0.05) is 72.8 Å². The number of rotatable bonds is 10. The number of nitrogens with one attached hydrogen (secondary N) is 2. The van der Waals surface area contributed by atoms with Gasteiger partial charge in [0.2, 0.25) is 11.8 Å². The molecule has 15 heteroatoms. The van der Waals surface area contributed by atoms with Crippen molar-refractivity contribution in [2.75, 3.05) is 6.54 Å². The molecule has 0 saturated carbocycles. The second kappa shape index (κ2) is 17.3. The maximum Gasteiger partial charge on any atom is 0.490 e. The number of halogens is 3. The van der Waals surface area contributed by atoms with Crippen molar-refractivity contribution in [3.8, 4) is 5.75 Å². The average molecular weight is 682 g/mol. The number of carbonyl (C=O) groups is 5. The minimum absolute atomic E-state index is 0.108. The molecule has 4 amide bonds. The molecule has 2 atom stereocenters. The molecule has 0 spiro atoms. The Balaban J connectivity index is 0.000000838. The van der Waals surface area contributed by atoms with Gasteiger partial charge in [-0.05, 0) is 60.2 Å². The molecule has 0 aromatic heterocycles. The van der Waals surface area contributed by atoms with Crippen molar-refractivity contribution in [3.05, 3.63) is 113 Å². The van der Waals surface area contributed by atoms with E-state index in [1.807, 2.05) is 12.1 Å². The van der Waals surface area contributed by atoms with Crippen LogP contribution in [0, 0.1) is 0 Å². The van der Waals surface area contributed by atoms with E-state index in [1.54, 1.807) is 60.7 Å². The van der Waals surface area contributed by atoms with E-state index < -0.39 is 42.0 Å². The summed E-state index contributed by atoms with van der Waals surface area (Å²) < 4.78 is 31.7. The monoisotopic (exact) mass is 681 g/mol. The number of benzene rings is 3. The third kappa shape index (κ3) is 11.7. The standard InChI is InChI=1S/C32H33N5O5.C2HF3O2/c33-25(18-23-13-15-24(38)16-14-23)32(42)37-17-7-12-28(37)31(41)36-27(20-22-10-5-2-6-11-22)30(40)35-26(29(34)39)19-21-8-3-1-4-9-21;3-2(4,5)1(6)7/h1-6,8-11,13-16,19-20,25,28,38H,7,12,17-18,33H2,(H2,34,39)(H,35,40)(H,36,41);(H,6,7)/b26-19-,27-20-;/t25-,28-;/m0./s1. The molecule has 3 aromatic carbocycles. The number of carbonyl (C=O) groups excluding carboxylic acids is 4. The zero-order valence-corrected chi connectivity index (χ0v) is 25.9. The molecule has 1 aliphatic heterocycles. The summed E-state index contributed by atoms with van der Waals surface area (Å²) in [6.07, 6.45) is -0.953. The molecule has 12 nitrogen and oxygen atoms in total. The van der Waals surface area contributed by atoms with Gasteiger partial charge in [0.1, 0.15) is 23.2 Å². The number of primary amides is 1. The predicted molar refractivity (Wildman–Crippen MR) is 173 cm³/mol. The summed E-state index contributed by atoms with van der Waals surface area (Å²) >= 11 is 0. The van der Waals surface area contributed by atoms with Crippen LogP contribution in [0.1, 0.15) is 29.5 Å². The second-order valence-corrected chi connectivity index (χ2v) is 10.7. The van der Waals surface area contributed by atoms with Crippen LogP contribution >= 0.6 is 0 Å². The van der Waals surface area contributed by atoms with Crippen LogP contribution in [0.3, 0.4) is 0 Å². The Hall–Kier alpha value is -5.96. The number of phenolic OH excluding ortho intramolecular Hbond substituents is 1. The molecule has 0 bridgehead atoms. The highest BCUT2D eigenvalue weighted by Crippen LogP contribution is 2.21. The molecule has 49 heavy (non-hydrogen) atoms. The normalized spacial score (nSPS) is 15.3. The molecule has 1 saturated heterocycles. The first kappa shape index (κ1) is 37.5. The minimum atomic E-state index is -5.08. The Morgan fingerprint density at radius 2 is 1.37 bits per heavy atom. The zero-order valence-electron chi connectivity index (χ0n) is 25.9. The number of carboxylic acid groups (broad SMARTS) is 1. The molecule has 0 radical (unpaired) electrons. The van der Waals surface area contributed by atoms with Crippen molar-refractivity contribution in [2.45, 2.75) is 37.5 Å². The summed E-state index contributed by atoms with van der Waals surface area (Å²) in [7, 11) is 0. The highest BCUT2D eigenvalue weighted by atomic mass is 19.4.